The molecule has 0 unspecified atom stereocenters. The maximum Gasteiger partial charge on any atom is 0.115 e. The van der Waals surface area contributed by atoms with Crippen LogP contribution in [-0.4, -0.2) is 10.8 Å². The summed E-state index contributed by atoms with van der Waals surface area (Å²) in [5.41, 5.74) is 17.7. The van der Waals surface area contributed by atoms with Crippen LogP contribution in [0.5, 0.6) is 5.75 Å². The van der Waals surface area contributed by atoms with E-state index in [0.717, 1.165) is 34.6 Å². The van der Waals surface area contributed by atoms with Gasteiger partial charge >= 0.3 is 0 Å². The molecule has 32 heavy (non-hydrogen) atoms. The predicted molar refractivity (Wildman–Crippen MR) is 138 cm³/mol. The molecule has 0 aliphatic rings. The van der Waals surface area contributed by atoms with Crippen molar-refractivity contribution in [3.8, 4) is 5.75 Å². The van der Waals surface area contributed by atoms with Crippen LogP contribution >= 0.6 is 0 Å². The number of hydrogen-bond acceptors (Lipinski definition) is 3. The highest BCUT2D eigenvalue weighted by Gasteiger charge is 2.14. The van der Waals surface area contributed by atoms with Crippen molar-refractivity contribution < 1.29 is 5.11 Å². The van der Waals surface area contributed by atoms with Gasteiger partial charge in [-0.15, -0.1) is 0 Å². The largest absolute Gasteiger partial charge is 0.508 e. The molecule has 0 radical (unpaired) electrons. The number of anilines is 1. The van der Waals surface area contributed by atoms with E-state index < -0.39 is 0 Å². The molecule has 0 aliphatic carbocycles. The maximum atomic E-state index is 9.57. The first kappa shape index (κ1) is 23.6. The Hall–Kier alpha value is -3.07. The van der Waals surface area contributed by atoms with E-state index in [1.807, 2.05) is 19.1 Å². The Labute approximate surface area is 193 Å². The molecule has 0 aromatic heterocycles. The zero-order valence-electron chi connectivity index (χ0n) is 20.5. The van der Waals surface area contributed by atoms with E-state index >= 15 is 0 Å². The number of rotatable bonds is 6. The second kappa shape index (κ2) is 9.60. The third-order valence-electron chi connectivity index (χ3n) is 6.09. The molecule has 0 amide bonds. The Morgan fingerprint density at radius 3 is 1.94 bits per heavy atom. The van der Waals surface area contributed by atoms with Crippen molar-refractivity contribution in [1.82, 2.24) is 0 Å². The lowest BCUT2D eigenvalue weighted by atomic mass is 9.90. The van der Waals surface area contributed by atoms with Crippen molar-refractivity contribution >= 4 is 17.1 Å². The molecular weight excluding hydrogens is 392 g/mol. The number of benzene rings is 3. The minimum Gasteiger partial charge on any atom is -0.508 e. The predicted octanol–water partition coefficient (Wildman–Crippen LogP) is 7.57. The van der Waals surface area contributed by atoms with E-state index in [2.05, 4.69) is 65.8 Å². The quantitative estimate of drug-likeness (QED) is 0.314. The average Bonchev–Trinajstić information content (AvgIpc) is 2.72. The molecule has 168 valence electrons. The molecule has 3 aromatic carbocycles. The summed E-state index contributed by atoms with van der Waals surface area (Å²) in [6.45, 7) is 15.1. The number of nitrogen functional groups attached to an aromatic ring is 1. The Balaban J connectivity index is 2.01. The number of aryl methyl sites for hydroxylation is 2. The van der Waals surface area contributed by atoms with Crippen molar-refractivity contribution in [2.24, 2.45) is 4.99 Å². The van der Waals surface area contributed by atoms with Gasteiger partial charge in [-0.1, -0.05) is 52.0 Å². The van der Waals surface area contributed by atoms with Gasteiger partial charge in [-0.25, -0.2) is 0 Å². The Kier molecular flexibility index (Phi) is 7.08. The van der Waals surface area contributed by atoms with Crippen LogP contribution in [0.1, 0.15) is 85.4 Å². The lowest BCUT2D eigenvalue weighted by Crippen LogP contribution is -2.03. The molecule has 0 saturated carbocycles. The summed E-state index contributed by atoms with van der Waals surface area (Å²) < 4.78 is 0. The molecule has 3 heteroatoms. The Morgan fingerprint density at radius 1 is 0.844 bits per heavy atom. The molecular formula is C29H36N2O. The van der Waals surface area contributed by atoms with Crippen LogP contribution in [0.25, 0.3) is 0 Å². The van der Waals surface area contributed by atoms with E-state index in [1.165, 1.54) is 27.8 Å². The average molecular weight is 429 g/mol. The standard InChI is InChI=1S/C29H36N2O/c1-17(2)26-15-22(12-19(5)28(26)30)14-23-13-20(6)29(27(16-23)18(3)4)31-21(7)24-8-10-25(32)11-9-24/h8-13,15-18,32H,14,30H2,1-7H3/b31-21+. The van der Waals surface area contributed by atoms with Gasteiger partial charge in [0.2, 0.25) is 0 Å². The van der Waals surface area contributed by atoms with Gasteiger partial charge in [-0.3, -0.25) is 4.99 Å². The maximum absolute atomic E-state index is 9.57. The smallest absolute Gasteiger partial charge is 0.115 e. The topological polar surface area (TPSA) is 58.6 Å². The summed E-state index contributed by atoms with van der Waals surface area (Å²) in [4.78, 5) is 5.01. The molecule has 0 spiro atoms. The molecule has 0 fully saturated rings. The van der Waals surface area contributed by atoms with E-state index in [9.17, 15) is 5.11 Å². The van der Waals surface area contributed by atoms with Gasteiger partial charge in [0.25, 0.3) is 0 Å². The fourth-order valence-electron chi connectivity index (χ4n) is 4.23. The van der Waals surface area contributed by atoms with Gasteiger partial charge in [0, 0.05) is 11.4 Å². The lowest BCUT2D eigenvalue weighted by molar-refractivity contribution is 0.475. The van der Waals surface area contributed by atoms with E-state index in [1.54, 1.807) is 12.1 Å². The first-order valence-corrected chi connectivity index (χ1v) is 11.4. The summed E-state index contributed by atoms with van der Waals surface area (Å²) in [5.74, 6) is 1.03. The molecule has 0 aliphatic heterocycles. The van der Waals surface area contributed by atoms with Crippen molar-refractivity contribution in [2.75, 3.05) is 5.73 Å². The lowest BCUT2D eigenvalue weighted by Gasteiger charge is -2.18. The highest BCUT2D eigenvalue weighted by molar-refractivity contribution is 6.00. The third-order valence-corrected chi connectivity index (χ3v) is 6.09. The molecule has 0 saturated heterocycles. The zero-order chi connectivity index (χ0) is 23.6. The van der Waals surface area contributed by atoms with E-state index in [0.29, 0.717) is 11.8 Å². The summed E-state index contributed by atoms with van der Waals surface area (Å²) in [6, 6.07) is 16.3. The van der Waals surface area contributed by atoms with Gasteiger partial charge in [0.1, 0.15) is 5.75 Å². The van der Waals surface area contributed by atoms with Crippen LogP contribution in [-0.2, 0) is 6.42 Å². The van der Waals surface area contributed by atoms with E-state index in [4.69, 9.17) is 10.7 Å². The van der Waals surface area contributed by atoms with Gasteiger partial charge in [0.15, 0.2) is 0 Å². The molecule has 3 rings (SSSR count). The van der Waals surface area contributed by atoms with Crippen LogP contribution in [0.2, 0.25) is 0 Å². The van der Waals surface area contributed by atoms with Gasteiger partial charge < -0.3 is 10.8 Å². The number of phenols is 1. The highest BCUT2D eigenvalue weighted by atomic mass is 16.3. The second-order valence-corrected chi connectivity index (χ2v) is 9.50. The Bertz CT molecular complexity index is 1140. The zero-order valence-corrected chi connectivity index (χ0v) is 20.5. The summed E-state index contributed by atoms with van der Waals surface area (Å²) in [5, 5.41) is 9.57. The summed E-state index contributed by atoms with van der Waals surface area (Å²) in [6.07, 6.45) is 0.877. The van der Waals surface area contributed by atoms with Crippen molar-refractivity contribution in [2.45, 2.75) is 66.7 Å². The van der Waals surface area contributed by atoms with Crippen molar-refractivity contribution in [3.63, 3.8) is 0 Å². The van der Waals surface area contributed by atoms with Crippen LogP contribution < -0.4 is 5.73 Å². The van der Waals surface area contributed by atoms with Gasteiger partial charge in [-0.05, 0) is 102 Å². The highest BCUT2D eigenvalue weighted by Crippen LogP contribution is 2.34. The van der Waals surface area contributed by atoms with Crippen LogP contribution in [0.15, 0.2) is 53.5 Å². The summed E-state index contributed by atoms with van der Waals surface area (Å²) in [7, 11) is 0. The minimum absolute atomic E-state index is 0.267. The van der Waals surface area contributed by atoms with Crippen LogP contribution in [0.4, 0.5) is 11.4 Å². The molecule has 0 atom stereocenters. The van der Waals surface area contributed by atoms with E-state index in [-0.39, 0.29) is 5.75 Å². The minimum atomic E-state index is 0.267. The molecule has 3 nitrogen and oxygen atoms in total. The normalized spacial score (nSPS) is 12.1. The Morgan fingerprint density at radius 2 is 1.38 bits per heavy atom. The summed E-state index contributed by atoms with van der Waals surface area (Å²) >= 11 is 0. The van der Waals surface area contributed by atoms with Gasteiger partial charge in [0.05, 0.1) is 5.69 Å². The second-order valence-electron chi connectivity index (χ2n) is 9.50. The third kappa shape index (κ3) is 5.21. The number of nitrogens with zero attached hydrogens (tertiary/aromatic N) is 1. The van der Waals surface area contributed by atoms with Crippen molar-refractivity contribution in [1.29, 1.82) is 0 Å². The first-order chi connectivity index (χ1) is 15.1. The molecule has 0 bridgehead atoms. The number of nitrogens with two attached hydrogens (primary N) is 1. The fourth-order valence-corrected chi connectivity index (χ4v) is 4.23. The van der Waals surface area contributed by atoms with Crippen LogP contribution in [0, 0.1) is 13.8 Å². The molecule has 3 aromatic rings. The van der Waals surface area contributed by atoms with Crippen molar-refractivity contribution in [3.05, 3.63) is 87.5 Å². The molecule has 3 N–H and O–H groups in total. The number of phenolic OH excluding ortho intramolecular Hbond substituents is 1. The number of aliphatic imine (C=N–C) groups is 1. The number of hydrogen-bond donors (Lipinski definition) is 2. The molecule has 0 heterocycles. The van der Waals surface area contributed by atoms with Gasteiger partial charge in [-0.2, -0.15) is 0 Å². The first-order valence-electron chi connectivity index (χ1n) is 11.4. The monoisotopic (exact) mass is 428 g/mol. The number of aromatic hydroxyl groups is 1. The SMILES string of the molecule is C/C(=N\c1c(C)cc(Cc2cc(C)c(N)c(C(C)C)c2)cc1C(C)C)c1ccc(O)cc1. The van der Waals surface area contributed by atoms with Crippen LogP contribution in [0.3, 0.4) is 0 Å². The fraction of sp³-hybridized carbons (Fsp3) is 0.345.